The lowest BCUT2D eigenvalue weighted by atomic mass is 10.2. The zero-order valence-electron chi connectivity index (χ0n) is 6.71. The second-order valence-corrected chi connectivity index (χ2v) is 3.54. The number of nitrogens with zero attached hydrogens (tertiary/aromatic N) is 1. The van der Waals surface area contributed by atoms with E-state index in [9.17, 15) is 5.21 Å². The zero-order valence-corrected chi connectivity index (χ0v) is 6.71. The van der Waals surface area contributed by atoms with Crippen LogP contribution in [0.1, 0.15) is 6.42 Å². The SMILES string of the molecule is C[N+]1([O-])CCC2(C1)OCCO2. The van der Waals surface area contributed by atoms with Gasteiger partial charge in [0.2, 0.25) is 5.79 Å². The van der Waals surface area contributed by atoms with Crippen LogP contribution in [0.3, 0.4) is 0 Å². The third-order valence-electron chi connectivity index (χ3n) is 2.35. The molecule has 1 unspecified atom stereocenters. The van der Waals surface area contributed by atoms with E-state index < -0.39 is 5.79 Å². The van der Waals surface area contributed by atoms with Gasteiger partial charge in [-0.1, -0.05) is 0 Å². The van der Waals surface area contributed by atoms with Gasteiger partial charge < -0.3 is 19.3 Å². The maximum atomic E-state index is 11.4. The van der Waals surface area contributed by atoms with E-state index in [1.54, 1.807) is 7.05 Å². The lowest BCUT2D eigenvalue weighted by Gasteiger charge is -2.34. The van der Waals surface area contributed by atoms with Crippen molar-refractivity contribution < 1.29 is 14.1 Å². The molecule has 2 fully saturated rings. The fourth-order valence-electron chi connectivity index (χ4n) is 1.81. The normalized spacial score (nSPS) is 42.0. The molecule has 0 aromatic carbocycles. The summed E-state index contributed by atoms with van der Waals surface area (Å²) in [7, 11) is 1.67. The van der Waals surface area contributed by atoms with Gasteiger partial charge in [0.15, 0.2) is 0 Å². The first-order chi connectivity index (χ1) is 5.12. The molecule has 2 saturated heterocycles. The molecule has 0 N–H and O–H groups in total. The molecule has 0 bridgehead atoms. The van der Waals surface area contributed by atoms with Crippen LogP contribution in [0.25, 0.3) is 0 Å². The van der Waals surface area contributed by atoms with Crippen molar-refractivity contribution in [1.82, 2.24) is 0 Å². The summed E-state index contributed by atoms with van der Waals surface area (Å²) in [6.07, 6.45) is 0.743. The summed E-state index contributed by atoms with van der Waals surface area (Å²) < 4.78 is 10.6. The Balaban J connectivity index is 2.07. The highest BCUT2D eigenvalue weighted by Gasteiger charge is 2.47. The Bertz CT molecular complexity index is 163. The molecular weight excluding hydrogens is 146 g/mol. The summed E-state index contributed by atoms with van der Waals surface area (Å²) in [5.41, 5.74) is 0. The van der Waals surface area contributed by atoms with Crippen LogP contribution in [-0.4, -0.2) is 43.8 Å². The molecule has 0 aromatic rings. The van der Waals surface area contributed by atoms with Gasteiger partial charge in [-0.05, 0) is 0 Å². The summed E-state index contributed by atoms with van der Waals surface area (Å²) in [4.78, 5) is 0. The average molecular weight is 159 g/mol. The minimum absolute atomic E-state index is 0.222. The van der Waals surface area contributed by atoms with Gasteiger partial charge in [0, 0.05) is 0 Å². The van der Waals surface area contributed by atoms with E-state index in [2.05, 4.69) is 0 Å². The molecule has 1 spiro atoms. The fourth-order valence-corrected chi connectivity index (χ4v) is 1.81. The molecule has 1 atom stereocenters. The van der Waals surface area contributed by atoms with Gasteiger partial charge in [-0.15, -0.1) is 0 Å². The summed E-state index contributed by atoms with van der Waals surface area (Å²) in [6.45, 7) is 2.34. The van der Waals surface area contributed by atoms with Crippen LogP contribution in [0.4, 0.5) is 0 Å². The number of hydrogen-bond donors (Lipinski definition) is 0. The highest BCUT2D eigenvalue weighted by molar-refractivity contribution is 4.79. The molecular formula is C7H13NO3. The molecule has 64 valence electrons. The molecule has 11 heavy (non-hydrogen) atoms. The number of hydrogen-bond acceptors (Lipinski definition) is 3. The molecule has 0 aliphatic carbocycles. The quantitative estimate of drug-likeness (QED) is 0.371. The van der Waals surface area contributed by atoms with E-state index in [0.29, 0.717) is 26.3 Å². The number of likely N-dealkylation sites (tertiary alicyclic amines) is 1. The van der Waals surface area contributed by atoms with Crippen LogP contribution in [0.2, 0.25) is 0 Å². The lowest BCUT2D eigenvalue weighted by molar-refractivity contribution is -0.852. The summed E-state index contributed by atoms with van der Waals surface area (Å²) in [5, 5.41) is 11.4. The van der Waals surface area contributed by atoms with Crippen molar-refractivity contribution in [3.8, 4) is 0 Å². The molecule has 4 nitrogen and oxygen atoms in total. The molecule has 0 saturated carbocycles. The Kier molecular flexibility index (Phi) is 1.47. The first kappa shape index (κ1) is 7.49. The van der Waals surface area contributed by atoms with Gasteiger partial charge in [-0.2, -0.15) is 0 Å². The van der Waals surface area contributed by atoms with Crippen LogP contribution in [-0.2, 0) is 9.47 Å². The van der Waals surface area contributed by atoms with Crippen molar-refractivity contribution in [2.75, 3.05) is 33.4 Å². The van der Waals surface area contributed by atoms with E-state index >= 15 is 0 Å². The Labute approximate surface area is 65.9 Å². The predicted octanol–water partition coefficient (Wildman–Crippen LogP) is 0.0776. The monoisotopic (exact) mass is 159 g/mol. The molecule has 2 heterocycles. The van der Waals surface area contributed by atoms with Crippen molar-refractivity contribution in [3.05, 3.63) is 5.21 Å². The first-order valence-electron chi connectivity index (χ1n) is 3.95. The first-order valence-corrected chi connectivity index (χ1v) is 3.95. The molecule has 2 rings (SSSR count). The van der Waals surface area contributed by atoms with Crippen molar-refractivity contribution in [2.45, 2.75) is 12.2 Å². The standard InChI is InChI=1S/C7H13NO3/c1-8(9)3-2-7(6-8)10-4-5-11-7/h2-6H2,1H3. The number of ether oxygens (including phenoxy) is 2. The number of quaternary nitrogens is 1. The number of rotatable bonds is 0. The summed E-state index contributed by atoms with van der Waals surface area (Å²) in [6, 6.07) is 0. The maximum Gasteiger partial charge on any atom is 0.224 e. The minimum Gasteiger partial charge on any atom is -0.633 e. The van der Waals surface area contributed by atoms with Crippen molar-refractivity contribution in [3.63, 3.8) is 0 Å². The third kappa shape index (κ3) is 1.27. The highest BCUT2D eigenvalue weighted by Crippen LogP contribution is 2.32. The van der Waals surface area contributed by atoms with Gasteiger partial charge >= 0.3 is 0 Å². The number of hydroxylamine groups is 3. The van der Waals surface area contributed by atoms with E-state index in [4.69, 9.17) is 9.47 Å². The van der Waals surface area contributed by atoms with E-state index in [1.807, 2.05) is 0 Å². The average Bonchev–Trinajstić information content (AvgIpc) is 2.43. The molecule has 2 aliphatic rings. The van der Waals surface area contributed by atoms with Gasteiger partial charge in [-0.3, -0.25) is 0 Å². The van der Waals surface area contributed by atoms with Crippen molar-refractivity contribution in [2.24, 2.45) is 0 Å². The van der Waals surface area contributed by atoms with Crippen molar-refractivity contribution in [1.29, 1.82) is 0 Å². The van der Waals surface area contributed by atoms with Gasteiger partial charge in [0.05, 0.1) is 33.2 Å². The molecule has 0 radical (unpaired) electrons. The van der Waals surface area contributed by atoms with Crippen molar-refractivity contribution >= 4 is 0 Å². The Morgan fingerprint density at radius 1 is 1.36 bits per heavy atom. The molecule has 0 aromatic heterocycles. The Morgan fingerprint density at radius 2 is 2.00 bits per heavy atom. The fraction of sp³-hybridized carbons (Fsp3) is 1.00. The van der Waals surface area contributed by atoms with Crippen LogP contribution in [0, 0.1) is 5.21 Å². The topological polar surface area (TPSA) is 41.5 Å². The van der Waals surface area contributed by atoms with Crippen LogP contribution in [0.5, 0.6) is 0 Å². The molecule has 4 heteroatoms. The number of likely N-dealkylation sites (N-methyl/N-ethyl adjacent to an activating group) is 1. The smallest absolute Gasteiger partial charge is 0.224 e. The van der Waals surface area contributed by atoms with Crippen LogP contribution < -0.4 is 0 Å². The van der Waals surface area contributed by atoms with Crippen LogP contribution >= 0.6 is 0 Å². The van der Waals surface area contributed by atoms with Gasteiger partial charge in [0.25, 0.3) is 0 Å². The van der Waals surface area contributed by atoms with Gasteiger partial charge in [-0.25, -0.2) is 0 Å². The Hall–Kier alpha value is -0.160. The lowest BCUT2D eigenvalue weighted by Crippen LogP contribution is -2.41. The van der Waals surface area contributed by atoms with E-state index in [0.717, 1.165) is 6.42 Å². The minimum atomic E-state index is -0.517. The summed E-state index contributed by atoms with van der Waals surface area (Å²) >= 11 is 0. The predicted molar refractivity (Wildman–Crippen MR) is 38.5 cm³/mol. The maximum absolute atomic E-state index is 11.4. The van der Waals surface area contributed by atoms with E-state index in [-0.39, 0.29) is 4.65 Å². The second kappa shape index (κ2) is 2.17. The highest BCUT2D eigenvalue weighted by atomic mass is 16.7. The summed E-state index contributed by atoms with van der Waals surface area (Å²) in [5.74, 6) is -0.517. The van der Waals surface area contributed by atoms with E-state index in [1.165, 1.54) is 0 Å². The molecule has 0 amide bonds. The van der Waals surface area contributed by atoms with Gasteiger partial charge in [0.1, 0.15) is 6.54 Å². The zero-order chi connectivity index (χ0) is 7.95. The second-order valence-electron chi connectivity index (χ2n) is 3.54. The Morgan fingerprint density at radius 3 is 2.45 bits per heavy atom. The largest absolute Gasteiger partial charge is 0.633 e. The molecule has 2 aliphatic heterocycles. The van der Waals surface area contributed by atoms with Crippen LogP contribution in [0.15, 0.2) is 0 Å². The third-order valence-corrected chi connectivity index (χ3v) is 2.35.